The quantitative estimate of drug-likeness (QED) is 0.302. The Labute approximate surface area is 73.5 Å². The van der Waals surface area contributed by atoms with Crippen LogP contribution < -0.4 is 17.3 Å². The second kappa shape index (κ2) is 4.39. The number of nitrogens with zero attached hydrogens (tertiary/aromatic N) is 1. The molecule has 0 bridgehead atoms. The van der Waals surface area contributed by atoms with Gasteiger partial charge in [-0.2, -0.15) is 0 Å². The van der Waals surface area contributed by atoms with Gasteiger partial charge in [0.25, 0.3) is 0 Å². The Morgan fingerprint density at radius 2 is 2.20 bits per heavy atom. The molecule has 1 saturated heterocycles. The first-order valence-electron chi connectivity index (χ1n) is 3.38. The molecule has 0 radical (unpaired) electrons. The first kappa shape index (κ1) is 10.5. The fourth-order valence-electron chi connectivity index (χ4n) is 1.22. The second-order valence-electron chi connectivity index (χ2n) is 2.77. The third-order valence-electron chi connectivity index (χ3n) is 1.88. The van der Waals surface area contributed by atoms with E-state index in [0.29, 0.717) is 0 Å². The molecule has 0 aromatic rings. The summed E-state index contributed by atoms with van der Waals surface area (Å²) in [6, 6.07) is 0. The number of hydrogen-bond donors (Lipinski definition) is 1. The predicted octanol–water partition coefficient (Wildman–Crippen LogP) is -3.64. The summed E-state index contributed by atoms with van der Waals surface area (Å²) in [6.45, 7) is 2.35. The van der Waals surface area contributed by atoms with Crippen LogP contribution in [0.1, 0.15) is 6.42 Å². The maximum absolute atomic E-state index is 6.01. The monoisotopic (exact) mass is 184 g/mol. The molecule has 10 heavy (non-hydrogen) atoms. The lowest BCUT2D eigenvalue weighted by molar-refractivity contribution is -0.909. The van der Waals surface area contributed by atoms with Gasteiger partial charge in [-0.3, -0.25) is 0 Å². The van der Waals surface area contributed by atoms with Gasteiger partial charge in [-0.15, -0.1) is 0 Å². The zero-order valence-corrected chi connectivity index (χ0v) is 7.91. The van der Waals surface area contributed by atoms with Crippen LogP contribution >= 0.6 is 11.6 Å². The Kier molecular flexibility index (Phi) is 4.61. The number of hydrogen-bond acceptors (Lipinski definition) is 1. The smallest absolute Gasteiger partial charge is 0.221 e. The van der Waals surface area contributed by atoms with Crippen molar-refractivity contribution in [3.8, 4) is 0 Å². The Balaban J connectivity index is 0.000000810. The van der Waals surface area contributed by atoms with Gasteiger partial charge in [0.15, 0.2) is 0 Å². The lowest BCUT2D eigenvalue weighted by Gasteiger charge is -2.32. The molecule has 0 spiro atoms. The van der Waals surface area contributed by atoms with E-state index in [4.69, 9.17) is 11.6 Å². The van der Waals surface area contributed by atoms with Crippen LogP contribution in [0.25, 0.3) is 0 Å². The Morgan fingerprint density at radius 1 is 1.60 bits per heavy atom. The van der Waals surface area contributed by atoms with Crippen molar-refractivity contribution in [3.63, 3.8) is 0 Å². The van der Waals surface area contributed by atoms with E-state index in [1.165, 1.54) is 17.9 Å². The summed E-state index contributed by atoms with van der Waals surface area (Å²) in [5, 5.41) is 0. The number of halogens is 2. The lowest BCUT2D eigenvalue weighted by Crippen LogP contribution is -3.15. The van der Waals surface area contributed by atoms with E-state index < -0.39 is 0 Å². The lowest BCUT2D eigenvalue weighted by atomic mass is 10.3. The molecule has 1 N–H and O–H groups in total. The van der Waals surface area contributed by atoms with Gasteiger partial charge in [-0.05, 0) is 18.6 Å². The minimum absolute atomic E-state index is 0. The van der Waals surface area contributed by atoms with Crippen LogP contribution in [-0.4, -0.2) is 37.7 Å². The highest BCUT2D eigenvalue weighted by atomic mass is 35.5. The molecular formula is C6H14Cl2N2. The van der Waals surface area contributed by atoms with Crippen LogP contribution in [0.2, 0.25) is 0 Å². The van der Waals surface area contributed by atoms with Crippen molar-refractivity contribution in [2.24, 2.45) is 0 Å². The van der Waals surface area contributed by atoms with Crippen molar-refractivity contribution in [2.75, 3.05) is 27.2 Å². The van der Waals surface area contributed by atoms with Crippen molar-refractivity contribution in [1.82, 2.24) is 4.90 Å². The average Bonchev–Trinajstić information content (AvgIpc) is 1.83. The third kappa shape index (κ3) is 2.27. The van der Waals surface area contributed by atoms with Crippen LogP contribution in [0, 0.1) is 0 Å². The fourth-order valence-corrected chi connectivity index (χ4v) is 1.42. The van der Waals surface area contributed by atoms with Crippen LogP contribution in [-0.2, 0) is 0 Å². The largest absolute Gasteiger partial charge is 1.00 e. The van der Waals surface area contributed by atoms with E-state index in [1.807, 2.05) is 0 Å². The van der Waals surface area contributed by atoms with Crippen molar-refractivity contribution in [3.05, 3.63) is 0 Å². The summed E-state index contributed by atoms with van der Waals surface area (Å²) < 4.78 is 0. The molecule has 0 aromatic heterocycles. The van der Waals surface area contributed by atoms with Gasteiger partial charge in [0.2, 0.25) is 5.62 Å². The van der Waals surface area contributed by atoms with E-state index in [0.717, 1.165) is 6.54 Å². The van der Waals surface area contributed by atoms with E-state index in [2.05, 4.69) is 19.0 Å². The molecule has 0 amide bonds. The Hall–Kier alpha value is 0.500. The first-order valence-corrected chi connectivity index (χ1v) is 3.82. The van der Waals surface area contributed by atoms with Gasteiger partial charge in [0, 0.05) is 13.0 Å². The fraction of sp³-hybridized carbons (Fsp3) is 1.00. The molecule has 2 nitrogen and oxygen atoms in total. The number of rotatable bonds is 0. The average molecular weight is 185 g/mol. The molecule has 4 heteroatoms. The molecule has 2 unspecified atom stereocenters. The minimum Gasteiger partial charge on any atom is -1.00 e. The summed E-state index contributed by atoms with van der Waals surface area (Å²) in [5.41, 5.74) is 0.193. The van der Waals surface area contributed by atoms with E-state index >= 15 is 0 Å². The summed E-state index contributed by atoms with van der Waals surface area (Å²) >= 11 is 6.01. The van der Waals surface area contributed by atoms with Crippen LogP contribution in [0.5, 0.6) is 0 Å². The standard InChI is InChI=1S/C6H13ClN2.ClH/c1-8-4-3-5-9(2)6(8)7;/h6H,3-5H2,1-2H3;1H. The molecule has 0 aliphatic carbocycles. The van der Waals surface area contributed by atoms with Gasteiger partial charge in [0.1, 0.15) is 0 Å². The number of alkyl halides is 1. The normalized spacial score (nSPS) is 35.1. The summed E-state index contributed by atoms with van der Waals surface area (Å²) in [7, 11) is 4.20. The van der Waals surface area contributed by atoms with Crippen LogP contribution in [0.15, 0.2) is 0 Å². The van der Waals surface area contributed by atoms with Gasteiger partial charge in [-0.1, -0.05) is 0 Å². The first-order chi connectivity index (χ1) is 4.22. The number of quaternary nitrogens is 1. The highest BCUT2D eigenvalue weighted by Crippen LogP contribution is 1.98. The van der Waals surface area contributed by atoms with Gasteiger partial charge in [-0.25, -0.2) is 4.90 Å². The maximum atomic E-state index is 6.01. The SMILES string of the molecule is CN1CCC[NH+](C)C1Cl.[Cl-]. The molecular weight excluding hydrogens is 171 g/mol. The molecule has 1 heterocycles. The molecule has 1 fully saturated rings. The molecule has 62 valence electrons. The summed E-state index contributed by atoms with van der Waals surface area (Å²) in [6.07, 6.45) is 1.27. The molecule has 0 saturated carbocycles. The van der Waals surface area contributed by atoms with Gasteiger partial charge in [0.05, 0.1) is 13.6 Å². The van der Waals surface area contributed by atoms with E-state index in [9.17, 15) is 0 Å². The van der Waals surface area contributed by atoms with Crippen molar-refractivity contribution in [1.29, 1.82) is 0 Å². The van der Waals surface area contributed by atoms with Crippen molar-refractivity contribution >= 4 is 11.6 Å². The zero-order valence-electron chi connectivity index (χ0n) is 6.40. The maximum Gasteiger partial charge on any atom is 0.221 e. The van der Waals surface area contributed by atoms with Crippen molar-refractivity contribution < 1.29 is 17.3 Å². The molecule has 2 atom stereocenters. The highest BCUT2D eigenvalue weighted by molar-refractivity contribution is 6.19. The third-order valence-corrected chi connectivity index (χ3v) is 2.58. The summed E-state index contributed by atoms with van der Waals surface area (Å²) in [5.74, 6) is 0. The molecule has 1 aliphatic rings. The topological polar surface area (TPSA) is 7.68 Å². The molecule has 1 rings (SSSR count). The summed E-state index contributed by atoms with van der Waals surface area (Å²) in [4.78, 5) is 3.59. The Morgan fingerprint density at radius 3 is 2.60 bits per heavy atom. The molecule has 1 aliphatic heterocycles. The van der Waals surface area contributed by atoms with Crippen molar-refractivity contribution in [2.45, 2.75) is 12.0 Å². The zero-order chi connectivity index (χ0) is 6.85. The highest BCUT2D eigenvalue weighted by Gasteiger charge is 2.24. The Bertz CT molecular complexity index is 89.7. The molecule has 0 aromatic carbocycles. The van der Waals surface area contributed by atoms with E-state index in [1.54, 1.807) is 0 Å². The van der Waals surface area contributed by atoms with Crippen LogP contribution in [0.3, 0.4) is 0 Å². The van der Waals surface area contributed by atoms with Gasteiger partial charge < -0.3 is 17.3 Å². The predicted molar refractivity (Wildman–Crippen MR) is 38.6 cm³/mol. The number of nitrogens with one attached hydrogen (secondary N) is 1. The van der Waals surface area contributed by atoms with E-state index in [-0.39, 0.29) is 18.0 Å². The van der Waals surface area contributed by atoms with Crippen LogP contribution in [0.4, 0.5) is 0 Å². The second-order valence-corrected chi connectivity index (χ2v) is 3.18. The van der Waals surface area contributed by atoms with Gasteiger partial charge >= 0.3 is 0 Å². The minimum atomic E-state index is 0.